The normalized spacial score (nSPS) is 13.6. The van der Waals surface area contributed by atoms with E-state index in [0.29, 0.717) is 17.5 Å². The van der Waals surface area contributed by atoms with Gasteiger partial charge in [-0.2, -0.15) is 11.8 Å². The molecule has 0 amide bonds. The predicted molar refractivity (Wildman–Crippen MR) is 74.9 cm³/mol. The Hall–Kier alpha value is -0.870. The van der Waals surface area contributed by atoms with E-state index in [-0.39, 0.29) is 0 Å². The minimum absolute atomic E-state index is 0.292. The van der Waals surface area contributed by atoms with Gasteiger partial charge >= 0.3 is 0 Å². The van der Waals surface area contributed by atoms with Crippen LogP contribution in [-0.4, -0.2) is 16.3 Å². The standard InChI is InChI=1S/C12H17ClN2OS/c1-2-11(7-12(14)15-16)17-8-9-3-5-10(13)6-4-9/h3-6,11,16H,2,7-8H2,1H3,(H2,14,15). The molecule has 0 aromatic heterocycles. The predicted octanol–water partition coefficient (Wildman–Crippen LogP) is 3.49. The lowest BCUT2D eigenvalue weighted by molar-refractivity contribution is 0.316. The Morgan fingerprint density at radius 2 is 2.12 bits per heavy atom. The molecule has 17 heavy (non-hydrogen) atoms. The Balaban J connectivity index is 2.44. The van der Waals surface area contributed by atoms with Crippen molar-refractivity contribution < 1.29 is 5.21 Å². The van der Waals surface area contributed by atoms with Crippen LogP contribution in [-0.2, 0) is 5.75 Å². The molecule has 1 atom stereocenters. The molecule has 0 aliphatic carbocycles. The zero-order valence-corrected chi connectivity index (χ0v) is 11.3. The van der Waals surface area contributed by atoms with Gasteiger partial charge in [-0.1, -0.05) is 35.8 Å². The fourth-order valence-corrected chi connectivity index (χ4v) is 2.66. The Morgan fingerprint density at radius 1 is 1.47 bits per heavy atom. The van der Waals surface area contributed by atoms with Crippen molar-refractivity contribution in [3.05, 3.63) is 34.9 Å². The topological polar surface area (TPSA) is 58.6 Å². The summed E-state index contributed by atoms with van der Waals surface area (Å²) in [6.07, 6.45) is 1.61. The molecule has 0 saturated carbocycles. The summed E-state index contributed by atoms with van der Waals surface area (Å²) < 4.78 is 0. The zero-order valence-electron chi connectivity index (χ0n) is 9.77. The Morgan fingerprint density at radius 3 is 2.65 bits per heavy atom. The molecule has 0 heterocycles. The molecule has 1 rings (SSSR count). The minimum Gasteiger partial charge on any atom is -0.409 e. The maximum atomic E-state index is 8.53. The van der Waals surface area contributed by atoms with Crippen LogP contribution in [0.15, 0.2) is 29.4 Å². The van der Waals surface area contributed by atoms with Crippen LogP contribution >= 0.6 is 23.4 Å². The van der Waals surface area contributed by atoms with Crippen molar-refractivity contribution in [2.24, 2.45) is 10.9 Å². The number of halogens is 1. The first-order valence-corrected chi connectivity index (χ1v) is 6.90. The van der Waals surface area contributed by atoms with E-state index in [9.17, 15) is 0 Å². The molecule has 0 saturated heterocycles. The highest BCUT2D eigenvalue weighted by Gasteiger charge is 2.09. The van der Waals surface area contributed by atoms with Gasteiger partial charge in [0.2, 0.25) is 0 Å². The second-order valence-electron chi connectivity index (χ2n) is 3.76. The smallest absolute Gasteiger partial charge is 0.140 e. The van der Waals surface area contributed by atoms with E-state index in [4.69, 9.17) is 22.5 Å². The third-order valence-electron chi connectivity index (χ3n) is 2.42. The van der Waals surface area contributed by atoms with Crippen LogP contribution < -0.4 is 5.73 Å². The van der Waals surface area contributed by atoms with Crippen molar-refractivity contribution in [3.8, 4) is 0 Å². The second kappa shape index (κ2) is 7.45. The summed E-state index contributed by atoms with van der Waals surface area (Å²) >= 11 is 7.63. The SMILES string of the molecule is CCC(C/C(N)=N/O)SCc1ccc(Cl)cc1. The summed E-state index contributed by atoms with van der Waals surface area (Å²) in [6.45, 7) is 2.10. The molecule has 0 spiro atoms. The van der Waals surface area contributed by atoms with Crippen molar-refractivity contribution in [2.45, 2.75) is 30.8 Å². The number of nitrogens with zero attached hydrogens (tertiary/aromatic N) is 1. The number of benzene rings is 1. The Labute approximate surface area is 111 Å². The van der Waals surface area contributed by atoms with E-state index < -0.39 is 0 Å². The summed E-state index contributed by atoms with van der Waals surface area (Å²) in [5.41, 5.74) is 6.74. The van der Waals surface area contributed by atoms with Crippen molar-refractivity contribution in [1.29, 1.82) is 0 Å². The lowest BCUT2D eigenvalue weighted by atomic mass is 10.2. The highest BCUT2D eigenvalue weighted by Crippen LogP contribution is 2.23. The van der Waals surface area contributed by atoms with E-state index in [0.717, 1.165) is 17.2 Å². The number of amidine groups is 1. The van der Waals surface area contributed by atoms with Crippen molar-refractivity contribution in [3.63, 3.8) is 0 Å². The molecule has 5 heteroatoms. The van der Waals surface area contributed by atoms with Crippen LogP contribution in [0.1, 0.15) is 25.3 Å². The second-order valence-corrected chi connectivity index (χ2v) is 5.49. The van der Waals surface area contributed by atoms with Gasteiger partial charge in [0.05, 0.1) is 0 Å². The molecule has 1 aromatic rings. The van der Waals surface area contributed by atoms with Crippen LogP contribution in [0.25, 0.3) is 0 Å². The quantitative estimate of drug-likeness (QED) is 0.361. The molecule has 1 aromatic carbocycles. The van der Waals surface area contributed by atoms with E-state index >= 15 is 0 Å². The Bertz CT molecular complexity index is 367. The molecule has 0 aliphatic rings. The van der Waals surface area contributed by atoms with E-state index in [1.807, 2.05) is 36.0 Å². The van der Waals surface area contributed by atoms with Crippen LogP contribution in [0.3, 0.4) is 0 Å². The molecule has 1 unspecified atom stereocenters. The van der Waals surface area contributed by atoms with Gasteiger partial charge in [0.15, 0.2) is 0 Å². The van der Waals surface area contributed by atoms with Crippen LogP contribution in [0.2, 0.25) is 5.02 Å². The van der Waals surface area contributed by atoms with Gasteiger partial charge in [0.1, 0.15) is 5.84 Å². The number of nitrogens with two attached hydrogens (primary N) is 1. The average Bonchev–Trinajstić information content (AvgIpc) is 2.36. The summed E-state index contributed by atoms with van der Waals surface area (Å²) in [6, 6.07) is 7.82. The number of thioether (sulfide) groups is 1. The molecular formula is C12H17ClN2OS. The van der Waals surface area contributed by atoms with Crippen molar-refractivity contribution in [2.75, 3.05) is 0 Å². The van der Waals surface area contributed by atoms with E-state index in [1.54, 1.807) is 0 Å². The lowest BCUT2D eigenvalue weighted by Crippen LogP contribution is -2.18. The van der Waals surface area contributed by atoms with Gasteiger partial charge in [-0.05, 0) is 24.1 Å². The first-order chi connectivity index (χ1) is 8.15. The number of hydrogen-bond donors (Lipinski definition) is 2. The molecule has 0 aliphatic heterocycles. The van der Waals surface area contributed by atoms with Crippen LogP contribution in [0.4, 0.5) is 0 Å². The summed E-state index contributed by atoms with van der Waals surface area (Å²) in [5, 5.41) is 12.7. The van der Waals surface area contributed by atoms with Gasteiger partial charge in [-0.25, -0.2) is 0 Å². The van der Waals surface area contributed by atoms with Gasteiger partial charge in [-0.3, -0.25) is 0 Å². The fraction of sp³-hybridized carbons (Fsp3) is 0.417. The fourth-order valence-electron chi connectivity index (χ4n) is 1.39. The number of hydrogen-bond acceptors (Lipinski definition) is 3. The van der Waals surface area contributed by atoms with Crippen LogP contribution in [0.5, 0.6) is 0 Å². The third kappa shape index (κ3) is 5.33. The summed E-state index contributed by atoms with van der Waals surface area (Å²) in [5.74, 6) is 1.20. The minimum atomic E-state index is 0.292. The Kier molecular flexibility index (Phi) is 6.22. The highest BCUT2D eigenvalue weighted by atomic mass is 35.5. The number of rotatable bonds is 6. The molecule has 3 N–H and O–H groups in total. The summed E-state index contributed by atoms with van der Waals surface area (Å²) in [7, 11) is 0. The van der Waals surface area contributed by atoms with Crippen molar-refractivity contribution >= 4 is 29.2 Å². The summed E-state index contributed by atoms with van der Waals surface area (Å²) in [4.78, 5) is 0. The zero-order chi connectivity index (χ0) is 12.7. The number of oxime groups is 1. The van der Waals surface area contributed by atoms with Gasteiger partial charge in [0.25, 0.3) is 0 Å². The third-order valence-corrected chi connectivity index (χ3v) is 4.14. The van der Waals surface area contributed by atoms with Gasteiger partial charge < -0.3 is 10.9 Å². The molecule has 0 fully saturated rings. The van der Waals surface area contributed by atoms with E-state index in [1.165, 1.54) is 5.56 Å². The molecule has 94 valence electrons. The largest absolute Gasteiger partial charge is 0.409 e. The molecular weight excluding hydrogens is 256 g/mol. The maximum Gasteiger partial charge on any atom is 0.140 e. The monoisotopic (exact) mass is 272 g/mol. The molecule has 0 bridgehead atoms. The van der Waals surface area contributed by atoms with Crippen LogP contribution in [0, 0.1) is 0 Å². The first-order valence-electron chi connectivity index (χ1n) is 5.48. The maximum absolute atomic E-state index is 8.53. The molecule has 3 nitrogen and oxygen atoms in total. The first kappa shape index (κ1) is 14.2. The van der Waals surface area contributed by atoms with Gasteiger partial charge in [-0.15, -0.1) is 0 Å². The van der Waals surface area contributed by atoms with Crippen molar-refractivity contribution in [1.82, 2.24) is 0 Å². The van der Waals surface area contributed by atoms with E-state index in [2.05, 4.69) is 12.1 Å². The average molecular weight is 273 g/mol. The molecule has 0 radical (unpaired) electrons. The van der Waals surface area contributed by atoms with Gasteiger partial charge in [0, 0.05) is 22.4 Å². The highest BCUT2D eigenvalue weighted by molar-refractivity contribution is 7.99. The lowest BCUT2D eigenvalue weighted by Gasteiger charge is -2.13.